The van der Waals surface area contributed by atoms with Crippen molar-refractivity contribution in [1.29, 1.82) is 0 Å². The fourth-order valence-corrected chi connectivity index (χ4v) is 2.22. The summed E-state index contributed by atoms with van der Waals surface area (Å²) in [6.45, 7) is -0.808. The Balaban J connectivity index is 0.00000242. The number of aromatic nitrogens is 2. The zero-order valence-electron chi connectivity index (χ0n) is 12.3. The molecule has 14 heteroatoms. The maximum Gasteiger partial charge on any atom is 1.00 e. The number of aliphatic hydroxyl groups is 2. The second-order valence-electron chi connectivity index (χ2n) is 4.31. The summed E-state index contributed by atoms with van der Waals surface area (Å²) >= 11 is 0. The zero-order chi connectivity index (χ0) is 15.8. The average Bonchev–Trinajstić information content (AvgIpc) is 2.64. The molecule has 0 spiro atoms. The van der Waals surface area contributed by atoms with Crippen molar-refractivity contribution >= 4 is 7.82 Å². The molecule has 118 valence electrons. The second kappa shape index (κ2) is 9.39. The summed E-state index contributed by atoms with van der Waals surface area (Å²) in [7, 11) is -5.26. The first-order valence-corrected chi connectivity index (χ1v) is 7.15. The SMILES string of the molecule is O=c1ccn([C@@H]2O[C@H](COP(=O)([O-])[O-])[C@H](O)C2O)c(=O)[nH]1.[Na+].[Na+]. The van der Waals surface area contributed by atoms with E-state index in [1.54, 1.807) is 0 Å². The molecule has 2 rings (SSSR count). The summed E-state index contributed by atoms with van der Waals surface area (Å²) in [6.07, 6.45) is -4.83. The van der Waals surface area contributed by atoms with Gasteiger partial charge in [-0.15, -0.1) is 0 Å². The van der Waals surface area contributed by atoms with E-state index in [-0.39, 0.29) is 59.1 Å². The predicted octanol–water partition coefficient (Wildman–Crippen LogP) is -9.99. The van der Waals surface area contributed by atoms with Crippen LogP contribution in [0.4, 0.5) is 0 Å². The molecule has 23 heavy (non-hydrogen) atoms. The Morgan fingerprint density at radius 3 is 2.43 bits per heavy atom. The van der Waals surface area contributed by atoms with E-state index in [9.17, 15) is 34.2 Å². The van der Waals surface area contributed by atoms with Gasteiger partial charge in [-0.3, -0.25) is 14.3 Å². The van der Waals surface area contributed by atoms with Crippen LogP contribution < -0.4 is 80.2 Å². The summed E-state index contributed by atoms with van der Waals surface area (Å²) in [5.74, 6) is 0. The van der Waals surface area contributed by atoms with Crippen LogP contribution in [0, 0.1) is 0 Å². The van der Waals surface area contributed by atoms with E-state index >= 15 is 0 Å². The molecule has 0 radical (unpaired) electrons. The number of aliphatic hydroxyl groups excluding tert-OH is 2. The summed E-state index contributed by atoms with van der Waals surface area (Å²) in [5, 5.41) is 19.5. The Labute approximate surface area is 173 Å². The molecule has 1 saturated heterocycles. The van der Waals surface area contributed by atoms with Gasteiger partial charge < -0.3 is 33.8 Å². The molecule has 3 N–H and O–H groups in total. The van der Waals surface area contributed by atoms with Crippen molar-refractivity contribution in [3.8, 4) is 0 Å². The number of H-pyrrole nitrogens is 1. The molecule has 1 aliphatic heterocycles. The fourth-order valence-electron chi connectivity index (χ4n) is 1.89. The third kappa shape index (κ3) is 6.15. The fraction of sp³-hybridized carbons (Fsp3) is 0.556. The summed E-state index contributed by atoms with van der Waals surface area (Å²) in [6, 6.07) is 0.997. The minimum Gasteiger partial charge on any atom is -0.790 e. The normalized spacial score (nSPS) is 27.1. The second-order valence-corrected chi connectivity index (χ2v) is 5.46. The van der Waals surface area contributed by atoms with Gasteiger partial charge in [0.15, 0.2) is 6.23 Å². The zero-order valence-corrected chi connectivity index (χ0v) is 17.2. The first kappa shape index (κ1) is 23.7. The Kier molecular flexibility index (Phi) is 9.66. The van der Waals surface area contributed by atoms with E-state index in [1.807, 2.05) is 4.98 Å². The van der Waals surface area contributed by atoms with Gasteiger partial charge in [-0.05, 0) is 0 Å². The molecule has 1 aromatic heterocycles. The van der Waals surface area contributed by atoms with Gasteiger partial charge in [-0.1, -0.05) is 0 Å². The number of phosphoric acid groups is 1. The largest absolute Gasteiger partial charge is 1.00 e. The molecular formula is C9H11N2Na2O9P. The van der Waals surface area contributed by atoms with Crippen molar-refractivity contribution in [2.45, 2.75) is 24.5 Å². The molecule has 0 aliphatic carbocycles. The number of phosphoric ester groups is 1. The molecule has 4 atom stereocenters. The van der Waals surface area contributed by atoms with Crippen LogP contribution in [0.3, 0.4) is 0 Å². The van der Waals surface area contributed by atoms with Crippen LogP contribution >= 0.6 is 7.82 Å². The predicted molar refractivity (Wildman–Crippen MR) is 60.8 cm³/mol. The van der Waals surface area contributed by atoms with Crippen LogP contribution in [0.5, 0.6) is 0 Å². The van der Waals surface area contributed by atoms with Crippen LogP contribution in [-0.2, 0) is 13.8 Å². The van der Waals surface area contributed by atoms with Crippen molar-refractivity contribution in [2.75, 3.05) is 6.61 Å². The molecule has 0 bridgehead atoms. The first-order valence-electron chi connectivity index (χ1n) is 5.69. The van der Waals surface area contributed by atoms with Crippen LogP contribution in [0.2, 0.25) is 0 Å². The van der Waals surface area contributed by atoms with E-state index in [1.165, 1.54) is 0 Å². The first-order chi connectivity index (χ1) is 9.69. The Hall–Kier alpha value is 0.670. The molecule has 0 amide bonds. The van der Waals surface area contributed by atoms with Crippen molar-refractivity contribution in [3.05, 3.63) is 33.1 Å². The average molecular weight is 368 g/mol. The van der Waals surface area contributed by atoms with E-state index in [4.69, 9.17) is 4.74 Å². The Morgan fingerprint density at radius 1 is 1.30 bits per heavy atom. The monoisotopic (exact) mass is 368 g/mol. The quantitative estimate of drug-likeness (QED) is 0.344. The number of hydrogen-bond acceptors (Lipinski definition) is 9. The van der Waals surface area contributed by atoms with Crippen LogP contribution in [-0.4, -0.2) is 44.7 Å². The third-order valence-corrected chi connectivity index (χ3v) is 3.32. The van der Waals surface area contributed by atoms with Crippen molar-refractivity contribution < 1.29 is 92.9 Å². The molecule has 1 unspecified atom stereocenters. The molecule has 2 heterocycles. The summed E-state index contributed by atoms with van der Waals surface area (Å²) in [5.41, 5.74) is -1.55. The number of ether oxygens (including phenoxy) is 1. The van der Waals surface area contributed by atoms with E-state index < -0.39 is 50.2 Å². The molecule has 1 aromatic rings. The minimum absolute atomic E-state index is 0. The number of rotatable bonds is 4. The number of nitrogens with zero attached hydrogens (tertiary/aromatic N) is 1. The van der Waals surface area contributed by atoms with Gasteiger partial charge in [0.05, 0.1) is 14.4 Å². The van der Waals surface area contributed by atoms with Crippen LogP contribution in [0.25, 0.3) is 0 Å². The molecule has 0 aromatic carbocycles. The molecule has 1 aliphatic rings. The van der Waals surface area contributed by atoms with Crippen LogP contribution in [0.15, 0.2) is 21.9 Å². The minimum atomic E-state index is -5.26. The molecule has 0 saturated carbocycles. The molecule has 1 fully saturated rings. The van der Waals surface area contributed by atoms with Gasteiger partial charge in [0, 0.05) is 12.3 Å². The van der Waals surface area contributed by atoms with Gasteiger partial charge in [0.2, 0.25) is 0 Å². The summed E-state index contributed by atoms with van der Waals surface area (Å²) < 4.78 is 20.3. The van der Waals surface area contributed by atoms with Crippen molar-refractivity contribution in [3.63, 3.8) is 0 Å². The Morgan fingerprint density at radius 2 is 1.91 bits per heavy atom. The Bertz CT molecular complexity index is 673. The van der Waals surface area contributed by atoms with Crippen molar-refractivity contribution in [1.82, 2.24) is 9.55 Å². The topological polar surface area (TPSA) is 177 Å². The van der Waals surface area contributed by atoms with Gasteiger partial charge >= 0.3 is 64.8 Å². The van der Waals surface area contributed by atoms with Gasteiger partial charge in [-0.25, -0.2) is 4.79 Å². The van der Waals surface area contributed by atoms with Crippen LogP contribution in [0.1, 0.15) is 6.23 Å². The van der Waals surface area contributed by atoms with Gasteiger partial charge in [-0.2, -0.15) is 0 Å². The van der Waals surface area contributed by atoms with E-state index in [0.717, 1.165) is 16.8 Å². The van der Waals surface area contributed by atoms with Crippen molar-refractivity contribution in [2.24, 2.45) is 0 Å². The van der Waals surface area contributed by atoms with Gasteiger partial charge in [0.25, 0.3) is 5.56 Å². The summed E-state index contributed by atoms with van der Waals surface area (Å²) in [4.78, 5) is 45.2. The number of nitrogens with one attached hydrogen (secondary N) is 1. The third-order valence-electron chi connectivity index (χ3n) is 2.86. The van der Waals surface area contributed by atoms with E-state index in [0.29, 0.717) is 0 Å². The number of aromatic amines is 1. The maximum atomic E-state index is 11.6. The standard InChI is InChI=1S/C9H13N2O9P.2Na/c12-5-1-2-11(9(15)10-5)8-7(14)6(13)4(20-8)3-19-21(16,17)18;;/h1-2,4,6-8,13-14H,3H2,(H,10,12,15)(H2,16,17,18);;/q;2*+1/p-2/t4-,6+,7?,8-;;/m1../s1. The smallest absolute Gasteiger partial charge is 0.790 e. The molecule has 11 nitrogen and oxygen atoms in total. The van der Waals surface area contributed by atoms with E-state index in [2.05, 4.69) is 4.52 Å². The maximum absolute atomic E-state index is 11.6. The van der Waals surface area contributed by atoms with Gasteiger partial charge in [0.1, 0.15) is 18.3 Å². The number of hydrogen-bond donors (Lipinski definition) is 3. The molecular weight excluding hydrogens is 357 g/mol.